The summed E-state index contributed by atoms with van der Waals surface area (Å²) in [6.45, 7) is 2.60. The fourth-order valence-corrected chi connectivity index (χ4v) is 1.37. The van der Waals surface area contributed by atoms with Crippen molar-refractivity contribution < 1.29 is 4.74 Å². The van der Waals surface area contributed by atoms with Gasteiger partial charge in [0, 0.05) is 12.5 Å². The zero-order valence-electron chi connectivity index (χ0n) is 9.78. The highest BCUT2D eigenvalue weighted by Gasteiger charge is 1.98. The second kappa shape index (κ2) is 6.92. The summed E-state index contributed by atoms with van der Waals surface area (Å²) in [6.07, 6.45) is 7.82. The minimum Gasteiger partial charge on any atom is -0.493 e. The normalized spacial score (nSPS) is 11.8. The maximum atomic E-state index is 5.71. The average Bonchev–Trinajstić information content (AvgIpc) is 2.28. The fraction of sp³-hybridized carbons (Fsp3) is 0.429. The van der Waals surface area contributed by atoms with Crippen molar-refractivity contribution in [3.63, 3.8) is 0 Å². The lowest BCUT2D eigenvalue weighted by Crippen LogP contribution is -2.15. The second-order valence-corrected chi connectivity index (χ2v) is 3.96. The molecule has 2 heteroatoms. The van der Waals surface area contributed by atoms with E-state index in [1.165, 1.54) is 5.56 Å². The van der Waals surface area contributed by atoms with Crippen molar-refractivity contribution in [2.24, 2.45) is 5.73 Å². The lowest BCUT2D eigenvalue weighted by molar-refractivity contribution is 0.327. The number of aryl methyl sites for hydroxylation is 1. The molecule has 1 aromatic carbocycles. The molecular weight excluding hydrogens is 198 g/mol. The highest BCUT2D eigenvalue weighted by atomic mass is 16.5. The van der Waals surface area contributed by atoms with Gasteiger partial charge in [0.1, 0.15) is 5.75 Å². The summed E-state index contributed by atoms with van der Waals surface area (Å²) >= 11 is 0. The Morgan fingerprint density at radius 2 is 2.06 bits per heavy atom. The van der Waals surface area contributed by atoms with Crippen LogP contribution in [0.1, 0.15) is 25.3 Å². The van der Waals surface area contributed by atoms with Gasteiger partial charge in [-0.2, -0.15) is 0 Å². The van der Waals surface area contributed by atoms with Gasteiger partial charge in [0.25, 0.3) is 0 Å². The van der Waals surface area contributed by atoms with Crippen molar-refractivity contribution in [2.75, 3.05) is 6.61 Å². The summed E-state index contributed by atoms with van der Waals surface area (Å²) in [5, 5.41) is 0. The largest absolute Gasteiger partial charge is 0.493 e. The van der Waals surface area contributed by atoms with Gasteiger partial charge in [0.05, 0.1) is 6.61 Å². The highest BCUT2D eigenvalue weighted by molar-refractivity contribution is 5.27. The Hall–Kier alpha value is -1.46. The summed E-state index contributed by atoms with van der Waals surface area (Å²) < 4.78 is 5.46. The molecule has 0 heterocycles. The molecule has 0 saturated heterocycles. The molecule has 1 aromatic rings. The predicted octanol–water partition coefficient (Wildman–Crippen LogP) is 2.37. The molecule has 86 valence electrons. The first-order chi connectivity index (χ1) is 7.72. The fourth-order valence-electron chi connectivity index (χ4n) is 1.37. The van der Waals surface area contributed by atoms with Gasteiger partial charge in [-0.05, 0) is 37.5 Å². The molecule has 1 rings (SSSR count). The van der Waals surface area contributed by atoms with Crippen LogP contribution in [0.3, 0.4) is 0 Å². The van der Waals surface area contributed by atoms with Crippen LogP contribution in [0, 0.1) is 12.3 Å². The van der Waals surface area contributed by atoms with Gasteiger partial charge in [-0.15, -0.1) is 12.3 Å². The monoisotopic (exact) mass is 217 g/mol. The van der Waals surface area contributed by atoms with E-state index < -0.39 is 0 Å². The third kappa shape index (κ3) is 4.86. The van der Waals surface area contributed by atoms with Gasteiger partial charge in [-0.25, -0.2) is 0 Å². The zero-order chi connectivity index (χ0) is 11.8. The smallest absolute Gasteiger partial charge is 0.119 e. The zero-order valence-corrected chi connectivity index (χ0v) is 9.78. The van der Waals surface area contributed by atoms with Crippen molar-refractivity contribution in [3.05, 3.63) is 29.8 Å². The Balaban J connectivity index is 2.39. The van der Waals surface area contributed by atoms with Crippen molar-refractivity contribution in [1.29, 1.82) is 0 Å². The topological polar surface area (TPSA) is 35.2 Å². The Labute approximate surface area is 97.8 Å². The molecule has 16 heavy (non-hydrogen) atoms. The number of nitrogens with two attached hydrogens (primary N) is 1. The van der Waals surface area contributed by atoms with Crippen LogP contribution < -0.4 is 10.5 Å². The number of terminal acetylenes is 1. The van der Waals surface area contributed by atoms with E-state index in [-0.39, 0.29) is 6.04 Å². The molecule has 2 nitrogen and oxygen atoms in total. The molecule has 0 aliphatic carbocycles. The average molecular weight is 217 g/mol. The maximum absolute atomic E-state index is 5.71. The second-order valence-electron chi connectivity index (χ2n) is 3.96. The van der Waals surface area contributed by atoms with Crippen LogP contribution in [-0.4, -0.2) is 12.6 Å². The van der Waals surface area contributed by atoms with Crippen molar-refractivity contribution >= 4 is 0 Å². The lowest BCUT2D eigenvalue weighted by atomic mass is 10.1. The molecule has 1 unspecified atom stereocenters. The Morgan fingerprint density at radius 3 is 2.62 bits per heavy atom. The SMILES string of the molecule is C#CCCOc1ccc(CCC(C)N)cc1. The molecule has 0 spiro atoms. The summed E-state index contributed by atoms with van der Waals surface area (Å²) in [4.78, 5) is 0. The van der Waals surface area contributed by atoms with E-state index in [2.05, 4.69) is 18.1 Å². The molecule has 0 aliphatic rings. The molecule has 2 N–H and O–H groups in total. The number of hydrogen-bond donors (Lipinski definition) is 1. The van der Waals surface area contributed by atoms with Gasteiger partial charge >= 0.3 is 0 Å². The van der Waals surface area contributed by atoms with Crippen molar-refractivity contribution in [1.82, 2.24) is 0 Å². The molecule has 0 aliphatic heterocycles. The first-order valence-electron chi connectivity index (χ1n) is 5.63. The minimum absolute atomic E-state index is 0.256. The number of ether oxygens (including phenoxy) is 1. The van der Waals surface area contributed by atoms with Crippen LogP contribution in [0.5, 0.6) is 5.75 Å². The van der Waals surface area contributed by atoms with Gasteiger partial charge in [-0.1, -0.05) is 12.1 Å². The minimum atomic E-state index is 0.256. The Bertz CT molecular complexity index is 335. The van der Waals surface area contributed by atoms with E-state index >= 15 is 0 Å². The number of rotatable bonds is 6. The summed E-state index contributed by atoms with van der Waals surface area (Å²) in [6, 6.07) is 8.37. The lowest BCUT2D eigenvalue weighted by Gasteiger charge is -2.07. The van der Waals surface area contributed by atoms with E-state index in [9.17, 15) is 0 Å². The van der Waals surface area contributed by atoms with Gasteiger partial charge in [-0.3, -0.25) is 0 Å². The van der Waals surface area contributed by atoms with E-state index in [0.29, 0.717) is 13.0 Å². The quantitative estimate of drug-likeness (QED) is 0.586. The first kappa shape index (κ1) is 12.6. The number of hydrogen-bond acceptors (Lipinski definition) is 2. The van der Waals surface area contributed by atoms with Crippen molar-refractivity contribution in [2.45, 2.75) is 32.2 Å². The van der Waals surface area contributed by atoms with E-state index in [1.54, 1.807) is 0 Å². The number of benzene rings is 1. The molecular formula is C14H19NO. The van der Waals surface area contributed by atoms with Gasteiger partial charge in [0.15, 0.2) is 0 Å². The Kier molecular flexibility index (Phi) is 5.45. The van der Waals surface area contributed by atoms with Gasteiger partial charge < -0.3 is 10.5 Å². The molecule has 0 bridgehead atoms. The summed E-state index contributed by atoms with van der Waals surface area (Å²) in [7, 11) is 0. The molecule has 0 amide bonds. The standard InChI is InChI=1S/C14H19NO/c1-3-4-11-16-14-9-7-13(8-10-14)6-5-12(2)15/h1,7-10,12H,4-6,11,15H2,2H3. The van der Waals surface area contributed by atoms with Crippen LogP contribution in [0.4, 0.5) is 0 Å². The van der Waals surface area contributed by atoms with Gasteiger partial charge in [0.2, 0.25) is 0 Å². The molecule has 0 radical (unpaired) electrons. The van der Waals surface area contributed by atoms with E-state index in [4.69, 9.17) is 16.9 Å². The molecule has 0 aromatic heterocycles. The highest BCUT2D eigenvalue weighted by Crippen LogP contribution is 2.13. The van der Waals surface area contributed by atoms with Crippen LogP contribution >= 0.6 is 0 Å². The van der Waals surface area contributed by atoms with E-state index in [0.717, 1.165) is 18.6 Å². The maximum Gasteiger partial charge on any atom is 0.119 e. The first-order valence-corrected chi connectivity index (χ1v) is 5.63. The van der Waals surface area contributed by atoms with Crippen molar-refractivity contribution in [3.8, 4) is 18.1 Å². The van der Waals surface area contributed by atoms with Crippen LogP contribution in [0.2, 0.25) is 0 Å². The summed E-state index contributed by atoms with van der Waals surface area (Å²) in [5.74, 6) is 3.42. The van der Waals surface area contributed by atoms with E-state index in [1.807, 2.05) is 19.1 Å². The third-order valence-corrected chi connectivity index (χ3v) is 2.33. The van der Waals surface area contributed by atoms with Crippen LogP contribution in [-0.2, 0) is 6.42 Å². The van der Waals surface area contributed by atoms with Crippen LogP contribution in [0.25, 0.3) is 0 Å². The molecule has 1 atom stereocenters. The molecule has 0 saturated carbocycles. The summed E-state index contributed by atoms with van der Waals surface area (Å²) in [5.41, 5.74) is 7.00. The van der Waals surface area contributed by atoms with Crippen LogP contribution in [0.15, 0.2) is 24.3 Å². The third-order valence-electron chi connectivity index (χ3n) is 2.33. The predicted molar refractivity (Wildman–Crippen MR) is 67.4 cm³/mol. The molecule has 0 fully saturated rings. The Morgan fingerprint density at radius 1 is 1.38 bits per heavy atom.